The molecule has 1 rings (SSSR count). The van der Waals surface area contributed by atoms with Crippen molar-refractivity contribution in [2.45, 2.75) is 26.7 Å². The highest BCUT2D eigenvalue weighted by molar-refractivity contribution is 6.30. The van der Waals surface area contributed by atoms with Gasteiger partial charge in [0.1, 0.15) is 5.69 Å². The molecule has 0 radical (unpaired) electrons. The third kappa shape index (κ3) is 6.03. The van der Waals surface area contributed by atoms with Gasteiger partial charge in [-0.1, -0.05) is 25.4 Å². The molecule has 1 unspecified atom stereocenters. The first-order chi connectivity index (χ1) is 9.02. The van der Waals surface area contributed by atoms with Crippen molar-refractivity contribution < 1.29 is 9.90 Å². The molecule has 4 nitrogen and oxygen atoms in total. The normalized spacial score (nSPS) is 12.5. The van der Waals surface area contributed by atoms with Gasteiger partial charge >= 0.3 is 0 Å². The van der Waals surface area contributed by atoms with Gasteiger partial charge in [-0.15, -0.1) is 0 Å². The molecule has 0 aliphatic rings. The van der Waals surface area contributed by atoms with Gasteiger partial charge in [0.15, 0.2) is 0 Å². The van der Waals surface area contributed by atoms with E-state index in [4.69, 9.17) is 16.7 Å². The zero-order chi connectivity index (χ0) is 14.3. The largest absolute Gasteiger partial charge is 0.396 e. The Balaban J connectivity index is 2.51. The molecule has 2 N–H and O–H groups in total. The molecule has 1 amide bonds. The predicted octanol–water partition coefficient (Wildman–Crippen LogP) is 2.51. The maximum atomic E-state index is 11.9. The molecule has 1 aromatic rings. The van der Waals surface area contributed by atoms with Crippen LogP contribution in [0.15, 0.2) is 18.3 Å². The number of aliphatic hydroxyl groups excluding tert-OH is 1. The van der Waals surface area contributed by atoms with Crippen molar-refractivity contribution >= 4 is 17.5 Å². The number of carbonyl (C=O) groups is 1. The zero-order valence-corrected chi connectivity index (χ0v) is 12.2. The van der Waals surface area contributed by atoms with Crippen LogP contribution in [0.5, 0.6) is 0 Å². The van der Waals surface area contributed by atoms with Crippen molar-refractivity contribution in [2.24, 2.45) is 11.8 Å². The molecule has 1 heterocycles. The number of carbonyl (C=O) groups excluding carboxylic acids is 1. The number of hydrogen-bond acceptors (Lipinski definition) is 3. The molecule has 1 aromatic heterocycles. The van der Waals surface area contributed by atoms with Crippen LogP contribution in [0.4, 0.5) is 0 Å². The summed E-state index contributed by atoms with van der Waals surface area (Å²) in [5.41, 5.74) is 0.319. The van der Waals surface area contributed by atoms with E-state index in [2.05, 4.69) is 24.1 Å². The minimum Gasteiger partial charge on any atom is -0.396 e. The molecular formula is C14H21ClN2O2. The second kappa shape index (κ2) is 8.12. The highest BCUT2D eigenvalue weighted by atomic mass is 35.5. The number of hydrogen-bond donors (Lipinski definition) is 2. The third-order valence-electron chi connectivity index (χ3n) is 2.85. The second-order valence-electron chi connectivity index (χ2n) is 5.08. The Bertz CT molecular complexity index is 410. The van der Waals surface area contributed by atoms with Crippen LogP contribution in [0.2, 0.25) is 5.02 Å². The van der Waals surface area contributed by atoms with Crippen LogP contribution in [0.1, 0.15) is 37.2 Å². The smallest absolute Gasteiger partial charge is 0.269 e. The Morgan fingerprint density at radius 1 is 1.53 bits per heavy atom. The van der Waals surface area contributed by atoms with Gasteiger partial charge in [-0.2, -0.15) is 0 Å². The van der Waals surface area contributed by atoms with Crippen molar-refractivity contribution in [3.8, 4) is 0 Å². The molecule has 0 aliphatic heterocycles. The molecule has 0 bridgehead atoms. The number of halogens is 1. The van der Waals surface area contributed by atoms with Crippen LogP contribution < -0.4 is 5.32 Å². The van der Waals surface area contributed by atoms with Crippen LogP contribution in [0.25, 0.3) is 0 Å². The fraction of sp³-hybridized carbons (Fsp3) is 0.571. The molecule has 106 valence electrons. The summed E-state index contributed by atoms with van der Waals surface area (Å²) < 4.78 is 0. The van der Waals surface area contributed by atoms with Crippen LogP contribution in [-0.4, -0.2) is 29.1 Å². The number of aliphatic hydroxyl groups is 1. The van der Waals surface area contributed by atoms with E-state index in [1.165, 1.54) is 6.20 Å². The molecule has 0 fully saturated rings. The number of nitrogens with one attached hydrogen (secondary N) is 1. The van der Waals surface area contributed by atoms with Gasteiger partial charge in [-0.25, -0.2) is 0 Å². The molecular weight excluding hydrogens is 264 g/mol. The molecule has 0 spiro atoms. The fourth-order valence-electron chi connectivity index (χ4n) is 2.01. The summed E-state index contributed by atoms with van der Waals surface area (Å²) >= 11 is 5.82. The van der Waals surface area contributed by atoms with E-state index < -0.39 is 0 Å². The number of rotatable bonds is 7. The third-order valence-corrected chi connectivity index (χ3v) is 3.08. The summed E-state index contributed by atoms with van der Waals surface area (Å²) in [6.45, 7) is 4.95. The first kappa shape index (κ1) is 15.9. The molecule has 19 heavy (non-hydrogen) atoms. The average molecular weight is 285 g/mol. The standard InChI is InChI=1S/C14H21ClN2O2/c1-10(2)7-11(4-6-18)9-17-14(19)13-8-12(15)3-5-16-13/h3,5,8,10-11,18H,4,6-7,9H2,1-2H3,(H,17,19). The molecule has 0 saturated carbocycles. The molecule has 5 heteroatoms. The van der Waals surface area contributed by atoms with Crippen LogP contribution in [0.3, 0.4) is 0 Å². The predicted molar refractivity (Wildman–Crippen MR) is 76.2 cm³/mol. The Labute approximate surface area is 119 Å². The lowest BCUT2D eigenvalue weighted by molar-refractivity contribution is 0.0936. The monoisotopic (exact) mass is 284 g/mol. The molecule has 0 saturated heterocycles. The van der Waals surface area contributed by atoms with E-state index in [1.54, 1.807) is 12.1 Å². The van der Waals surface area contributed by atoms with Gasteiger partial charge in [-0.05, 0) is 36.8 Å². The fourth-order valence-corrected chi connectivity index (χ4v) is 2.17. The Morgan fingerprint density at radius 3 is 2.84 bits per heavy atom. The van der Waals surface area contributed by atoms with Crippen molar-refractivity contribution in [3.05, 3.63) is 29.0 Å². The summed E-state index contributed by atoms with van der Waals surface area (Å²) in [6, 6.07) is 3.17. The minimum atomic E-state index is -0.228. The van der Waals surface area contributed by atoms with Gasteiger partial charge in [-0.3, -0.25) is 9.78 Å². The van der Waals surface area contributed by atoms with Crippen LogP contribution in [0, 0.1) is 11.8 Å². The highest BCUT2D eigenvalue weighted by Crippen LogP contribution is 2.14. The van der Waals surface area contributed by atoms with Crippen molar-refractivity contribution in [1.29, 1.82) is 0 Å². The minimum absolute atomic E-state index is 0.142. The first-order valence-corrected chi connectivity index (χ1v) is 6.91. The van der Waals surface area contributed by atoms with E-state index in [0.29, 0.717) is 29.6 Å². The lowest BCUT2D eigenvalue weighted by atomic mass is 9.94. The quantitative estimate of drug-likeness (QED) is 0.809. The Hall–Kier alpha value is -1.13. The van der Waals surface area contributed by atoms with Crippen molar-refractivity contribution in [2.75, 3.05) is 13.2 Å². The Kier molecular flexibility index (Phi) is 6.81. The van der Waals surface area contributed by atoms with Gasteiger partial charge in [0.2, 0.25) is 0 Å². The molecule has 0 aliphatic carbocycles. The van der Waals surface area contributed by atoms with Gasteiger partial charge in [0, 0.05) is 24.4 Å². The van der Waals surface area contributed by atoms with Gasteiger partial charge in [0.25, 0.3) is 5.91 Å². The number of amides is 1. The molecule has 1 atom stereocenters. The summed E-state index contributed by atoms with van der Waals surface area (Å²) in [4.78, 5) is 15.9. The van der Waals surface area contributed by atoms with E-state index in [1.807, 2.05) is 0 Å². The maximum Gasteiger partial charge on any atom is 0.269 e. The number of pyridine rings is 1. The van der Waals surface area contributed by atoms with Crippen molar-refractivity contribution in [1.82, 2.24) is 10.3 Å². The SMILES string of the molecule is CC(C)CC(CCO)CNC(=O)c1cc(Cl)ccn1. The van der Waals surface area contributed by atoms with Crippen molar-refractivity contribution in [3.63, 3.8) is 0 Å². The average Bonchev–Trinajstić information content (AvgIpc) is 2.35. The number of aromatic nitrogens is 1. The van der Waals surface area contributed by atoms with Crippen LogP contribution in [-0.2, 0) is 0 Å². The van der Waals surface area contributed by atoms with E-state index >= 15 is 0 Å². The van der Waals surface area contributed by atoms with E-state index in [-0.39, 0.29) is 18.4 Å². The van der Waals surface area contributed by atoms with Crippen LogP contribution >= 0.6 is 11.6 Å². The number of nitrogens with zero attached hydrogens (tertiary/aromatic N) is 1. The molecule has 0 aromatic carbocycles. The van der Waals surface area contributed by atoms with E-state index in [9.17, 15) is 4.79 Å². The topological polar surface area (TPSA) is 62.2 Å². The van der Waals surface area contributed by atoms with Gasteiger partial charge in [0.05, 0.1) is 0 Å². The summed E-state index contributed by atoms with van der Waals surface area (Å²) in [5, 5.41) is 12.4. The lowest BCUT2D eigenvalue weighted by Gasteiger charge is -2.18. The van der Waals surface area contributed by atoms with E-state index in [0.717, 1.165) is 6.42 Å². The summed E-state index contributed by atoms with van der Waals surface area (Å²) in [5.74, 6) is 0.597. The summed E-state index contributed by atoms with van der Waals surface area (Å²) in [6.07, 6.45) is 3.18. The van der Waals surface area contributed by atoms with Gasteiger partial charge < -0.3 is 10.4 Å². The highest BCUT2D eigenvalue weighted by Gasteiger charge is 2.13. The second-order valence-corrected chi connectivity index (χ2v) is 5.51. The first-order valence-electron chi connectivity index (χ1n) is 6.53. The zero-order valence-electron chi connectivity index (χ0n) is 11.4. The summed E-state index contributed by atoms with van der Waals surface area (Å²) in [7, 11) is 0. The Morgan fingerprint density at radius 2 is 2.26 bits per heavy atom. The lowest BCUT2D eigenvalue weighted by Crippen LogP contribution is -2.31. The maximum absolute atomic E-state index is 11.9.